The summed E-state index contributed by atoms with van der Waals surface area (Å²) in [5.74, 6) is 5.26. The molecule has 1 fully saturated rings. The number of hydrogen-bond donors (Lipinski definition) is 3. The van der Waals surface area contributed by atoms with Gasteiger partial charge < -0.3 is 0 Å². The van der Waals surface area contributed by atoms with Gasteiger partial charge >= 0.3 is 0 Å². The van der Waals surface area contributed by atoms with Crippen LogP contribution in [-0.4, -0.2) is 24.4 Å². The smallest absolute Gasteiger partial charge is 0.243 e. The number of sulfonamides is 1. The number of hydrazine groups is 1. The van der Waals surface area contributed by atoms with Gasteiger partial charge in [0, 0.05) is 6.04 Å². The summed E-state index contributed by atoms with van der Waals surface area (Å²) in [6.45, 7) is 0. The zero-order valence-corrected chi connectivity index (χ0v) is 9.37. The number of hydrogen-bond acceptors (Lipinski definition) is 6. The lowest BCUT2D eigenvalue weighted by Gasteiger charge is -2.25. The lowest BCUT2D eigenvalue weighted by molar-refractivity contribution is 0.383. The highest BCUT2D eigenvalue weighted by atomic mass is 32.2. The molecule has 0 aromatic carbocycles. The molecule has 88 valence electrons. The first-order valence-electron chi connectivity index (χ1n) is 4.93. The fraction of sp³-hybridized carbons (Fsp3) is 0.500. The molecule has 0 unspecified atom stereocenters. The molecule has 2 rings (SSSR count). The summed E-state index contributed by atoms with van der Waals surface area (Å²) >= 11 is 0. The molecule has 0 atom stereocenters. The van der Waals surface area contributed by atoms with Gasteiger partial charge in [-0.25, -0.2) is 29.0 Å². The number of rotatable bonds is 4. The maximum absolute atomic E-state index is 11.8. The highest BCUT2D eigenvalue weighted by Crippen LogP contribution is 2.20. The van der Waals surface area contributed by atoms with Crippen molar-refractivity contribution in [2.24, 2.45) is 5.84 Å². The van der Waals surface area contributed by atoms with Gasteiger partial charge in [0.2, 0.25) is 16.0 Å². The molecular weight excluding hydrogens is 230 g/mol. The highest BCUT2D eigenvalue weighted by molar-refractivity contribution is 7.89. The minimum absolute atomic E-state index is 0.0531. The maximum Gasteiger partial charge on any atom is 0.243 e. The molecular formula is C8H13N5O2S. The summed E-state index contributed by atoms with van der Waals surface area (Å²) in [4.78, 5) is 7.55. The van der Waals surface area contributed by atoms with Gasteiger partial charge in [-0.1, -0.05) is 6.42 Å². The molecule has 1 aromatic rings. The Balaban J connectivity index is 2.14. The topological polar surface area (TPSA) is 110 Å². The van der Waals surface area contributed by atoms with E-state index in [1.807, 2.05) is 0 Å². The Kier molecular flexibility index (Phi) is 3.03. The molecule has 8 heteroatoms. The molecule has 0 spiro atoms. The second-order valence-corrected chi connectivity index (χ2v) is 5.35. The summed E-state index contributed by atoms with van der Waals surface area (Å²) in [5.41, 5.74) is 2.23. The van der Waals surface area contributed by atoms with E-state index in [0.29, 0.717) is 0 Å². The van der Waals surface area contributed by atoms with Crippen LogP contribution >= 0.6 is 0 Å². The van der Waals surface area contributed by atoms with E-state index in [9.17, 15) is 8.42 Å². The Labute approximate surface area is 93.5 Å². The molecule has 16 heavy (non-hydrogen) atoms. The average Bonchev–Trinajstić information content (AvgIpc) is 2.24. The predicted octanol–water partition coefficient (Wildman–Crippen LogP) is -0.407. The van der Waals surface area contributed by atoms with Crippen molar-refractivity contribution in [1.29, 1.82) is 0 Å². The summed E-state index contributed by atoms with van der Waals surface area (Å²) < 4.78 is 26.2. The van der Waals surface area contributed by atoms with Crippen LogP contribution in [0.25, 0.3) is 0 Å². The zero-order valence-electron chi connectivity index (χ0n) is 8.55. The van der Waals surface area contributed by atoms with Crippen molar-refractivity contribution in [1.82, 2.24) is 14.7 Å². The molecule has 0 bridgehead atoms. The monoisotopic (exact) mass is 243 g/mol. The number of nitrogen functional groups attached to an aromatic ring is 1. The van der Waals surface area contributed by atoms with Crippen LogP contribution in [0.4, 0.5) is 5.95 Å². The third-order valence-electron chi connectivity index (χ3n) is 2.49. The SMILES string of the molecule is NNc1ncc(S(=O)(=O)NC2CCC2)cn1. The molecule has 1 aliphatic carbocycles. The van der Waals surface area contributed by atoms with Gasteiger partial charge in [0.25, 0.3) is 0 Å². The van der Waals surface area contributed by atoms with Gasteiger partial charge in [0.1, 0.15) is 4.90 Å². The molecule has 7 nitrogen and oxygen atoms in total. The summed E-state index contributed by atoms with van der Waals surface area (Å²) in [7, 11) is -3.49. The van der Waals surface area contributed by atoms with Gasteiger partial charge in [0.05, 0.1) is 12.4 Å². The van der Waals surface area contributed by atoms with Crippen LogP contribution in [0.3, 0.4) is 0 Å². The lowest BCUT2D eigenvalue weighted by Crippen LogP contribution is -2.39. The lowest BCUT2D eigenvalue weighted by atomic mass is 9.94. The van der Waals surface area contributed by atoms with Gasteiger partial charge in [0.15, 0.2) is 0 Å². The van der Waals surface area contributed by atoms with E-state index in [2.05, 4.69) is 20.1 Å². The Morgan fingerprint density at radius 3 is 2.38 bits per heavy atom. The Morgan fingerprint density at radius 1 is 1.31 bits per heavy atom. The molecule has 0 saturated heterocycles. The molecule has 0 radical (unpaired) electrons. The average molecular weight is 243 g/mol. The van der Waals surface area contributed by atoms with Crippen molar-refractivity contribution in [3.05, 3.63) is 12.4 Å². The normalized spacial score (nSPS) is 16.8. The van der Waals surface area contributed by atoms with E-state index in [-0.39, 0.29) is 16.9 Å². The second-order valence-electron chi connectivity index (χ2n) is 3.64. The van der Waals surface area contributed by atoms with E-state index in [0.717, 1.165) is 19.3 Å². The van der Waals surface area contributed by atoms with Crippen molar-refractivity contribution in [2.45, 2.75) is 30.2 Å². The fourth-order valence-electron chi connectivity index (χ4n) is 1.34. The van der Waals surface area contributed by atoms with Crippen molar-refractivity contribution >= 4 is 16.0 Å². The van der Waals surface area contributed by atoms with E-state index < -0.39 is 10.0 Å². The summed E-state index contributed by atoms with van der Waals surface area (Å²) in [5, 5.41) is 0. The van der Waals surface area contributed by atoms with Crippen molar-refractivity contribution < 1.29 is 8.42 Å². The van der Waals surface area contributed by atoms with E-state index in [1.54, 1.807) is 0 Å². The van der Waals surface area contributed by atoms with Crippen LogP contribution in [0.15, 0.2) is 17.3 Å². The Hall–Kier alpha value is -1.25. The number of nitrogens with zero attached hydrogens (tertiary/aromatic N) is 2. The van der Waals surface area contributed by atoms with Gasteiger partial charge in [-0.05, 0) is 12.8 Å². The van der Waals surface area contributed by atoms with E-state index >= 15 is 0 Å². The molecule has 1 aromatic heterocycles. The quantitative estimate of drug-likeness (QED) is 0.490. The predicted molar refractivity (Wildman–Crippen MR) is 57.8 cm³/mol. The highest BCUT2D eigenvalue weighted by Gasteiger charge is 2.25. The number of aromatic nitrogens is 2. The van der Waals surface area contributed by atoms with Crippen molar-refractivity contribution in [3.8, 4) is 0 Å². The van der Waals surface area contributed by atoms with Gasteiger partial charge in [-0.3, -0.25) is 5.43 Å². The van der Waals surface area contributed by atoms with Crippen LogP contribution in [0.1, 0.15) is 19.3 Å². The van der Waals surface area contributed by atoms with Crippen LogP contribution < -0.4 is 16.0 Å². The minimum atomic E-state index is -3.49. The summed E-state index contributed by atoms with van der Waals surface area (Å²) in [6.07, 6.45) is 5.30. The summed E-state index contributed by atoms with van der Waals surface area (Å²) in [6, 6.07) is 0.0531. The molecule has 1 heterocycles. The molecule has 0 amide bonds. The van der Waals surface area contributed by atoms with Gasteiger partial charge in [-0.15, -0.1) is 0 Å². The standard InChI is InChI=1S/C8H13N5O2S/c9-12-8-10-4-7(5-11-8)16(14,15)13-6-2-1-3-6/h4-6,13H,1-3,9H2,(H,10,11,12). The van der Waals surface area contributed by atoms with Crippen molar-refractivity contribution in [3.63, 3.8) is 0 Å². The molecule has 4 N–H and O–H groups in total. The van der Waals surface area contributed by atoms with Crippen molar-refractivity contribution in [2.75, 3.05) is 5.43 Å². The Bertz CT molecular complexity index is 454. The maximum atomic E-state index is 11.8. The molecule has 1 saturated carbocycles. The third kappa shape index (κ3) is 2.29. The van der Waals surface area contributed by atoms with Gasteiger partial charge in [-0.2, -0.15) is 0 Å². The van der Waals surface area contributed by atoms with Crippen LogP contribution in [0, 0.1) is 0 Å². The fourth-order valence-corrected chi connectivity index (χ4v) is 2.54. The van der Waals surface area contributed by atoms with E-state index in [4.69, 9.17) is 5.84 Å². The first-order chi connectivity index (χ1) is 7.62. The number of anilines is 1. The van der Waals surface area contributed by atoms with Crippen LogP contribution in [-0.2, 0) is 10.0 Å². The van der Waals surface area contributed by atoms with Crippen LogP contribution in [0.5, 0.6) is 0 Å². The number of nitrogens with two attached hydrogens (primary N) is 1. The van der Waals surface area contributed by atoms with Crippen LogP contribution in [0.2, 0.25) is 0 Å². The Morgan fingerprint density at radius 2 is 1.94 bits per heavy atom. The first-order valence-corrected chi connectivity index (χ1v) is 6.41. The molecule has 0 aliphatic heterocycles. The van der Waals surface area contributed by atoms with E-state index in [1.165, 1.54) is 12.4 Å². The minimum Gasteiger partial charge on any atom is -0.292 e. The largest absolute Gasteiger partial charge is 0.292 e. The second kappa shape index (κ2) is 4.32. The first kappa shape index (κ1) is 11.2. The molecule has 1 aliphatic rings. The third-order valence-corrected chi connectivity index (χ3v) is 3.97. The zero-order chi connectivity index (χ0) is 11.6. The number of nitrogens with one attached hydrogen (secondary N) is 2.